The Hall–Kier alpha value is -1.16. The van der Waals surface area contributed by atoms with Gasteiger partial charge in [0, 0.05) is 10.0 Å². The lowest BCUT2D eigenvalue weighted by molar-refractivity contribution is -0.0424. The van der Waals surface area contributed by atoms with Gasteiger partial charge >= 0.3 is 0 Å². The van der Waals surface area contributed by atoms with Crippen molar-refractivity contribution in [2.75, 3.05) is 0 Å². The van der Waals surface area contributed by atoms with Crippen LogP contribution in [0.1, 0.15) is 11.9 Å². The Morgan fingerprint density at radius 1 is 0.750 bits per heavy atom. The van der Waals surface area contributed by atoms with Gasteiger partial charge in [0.2, 0.25) is 0 Å². The Balaban J connectivity index is 2.31. The summed E-state index contributed by atoms with van der Waals surface area (Å²) >= 11 is 3.38. The quantitative estimate of drug-likeness (QED) is 0.829. The molecule has 0 heterocycles. The fraction of sp³-hybridized carbons (Fsp3) is 0.0769. The molecule has 0 radical (unpaired) electrons. The number of benzene rings is 2. The third-order valence-corrected chi connectivity index (χ3v) is 2.92. The summed E-state index contributed by atoms with van der Waals surface area (Å²) in [5, 5.41) is 17.9. The number of rotatable bonds is 2. The molecule has 0 amide bonds. The minimum absolute atomic E-state index is 0.501. The maximum absolute atomic E-state index is 8.97. The maximum Gasteiger partial charge on any atom is 0.178 e. The molecule has 2 N–H and O–H groups in total. The number of aliphatic hydroxyl groups is 2. The van der Waals surface area contributed by atoms with Crippen LogP contribution in [0.5, 0.6) is 0 Å². The van der Waals surface area contributed by atoms with Gasteiger partial charge in [-0.3, -0.25) is 0 Å². The van der Waals surface area contributed by atoms with Crippen molar-refractivity contribution in [3.63, 3.8) is 0 Å². The normalized spacial score (nSPS) is 10.8. The van der Waals surface area contributed by atoms with Gasteiger partial charge in [-0.05, 0) is 23.3 Å². The molecular formula is C13H11BrO2. The van der Waals surface area contributed by atoms with Gasteiger partial charge in [-0.25, -0.2) is 0 Å². The summed E-state index contributed by atoms with van der Waals surface area (Å²) in [6, 6.07) is 15.1. The van der Waals surface area contributed by atoms with E-state index in [9.17, 15) is 0 Å². The van der Waals surface area contributed by atoms with E-state index in [1.54, 1.807) is 12.1 Å². The monoisotopic (exact) mass is 278 g/mol. The average molecular weight is 279 g/mol. The second-order valence-corrected chi connectivity index (χ2v) is 4.42. The average Bonchev–Trinajstić information content (AvgIpc) is 2.30. The van der Waals surface area contributed by atoms with Crippen LogP contribution in [0.2, 0.25) is 0 Å². The maximum atomic E-state index is 8.97. The van der Waals surface area contributed by atoms with E-state index in [0.717, 1.165) is 15.6 Å². The fourth-order valence-corrected chi connectivity index (χ4v) is 1.75. The molecule has 0 aliphatic heterocycles. The molecule has 2 nitrogen and oxygen atoms in total. The molecule has 0 aromatic heterocycles. The Kier molecular flexibility index (Phi) is 3.39. The summed E-state index contributed by atoms with van der Waals surface area (Å²) in [7, 11) is 0. The van der Waals surface area contributed by atoms with Gasteiger partial charge in [0.05, 0.1) is 0 Å². The van der Waals surface area contributed by atoms with E-state index >= 15 is 0 Å². The molecular weight excluding hydrogens is 268 g/mol. The molecule has 0 spiro atoms. The first-order valence-corrected chi connectivity index (χ1v) is 5.68. The van der Waals surface area contributed by atoms with Crippen LogP contribution in [0.4, 0.5) is 0 Å². The van der Waals surface area contributed by atoms with Crippen molar-refractivity contribution in [1.29, 1.82) is 0 Å². The molecule has 2 rings (SSSR count). The third kappa shape index (κ3) is 2.50. The largest absolute Gasteiger partial charge is 0.364 e. The molecule has 0 saturated heterocycles. The zero-order valence-corrected chi connectivity index (χ0v) is 10.1. The van der Waals surface area contributed by atoms with Crippen molar-refractivity contribution < 1.29 is 10.2 Å². The van der Waals surface area contributed by atoms with E-state index in [-0.39, 0.29) is 0 Å². The van der Waals surface area contributed by atoms with E-state index < -0.39 is 6.29 Å². The van der Waals surface area contributed by atoms with Crippen LogP contribution in [0.15, 0.2) is 53.0 Å². The van der Waals surface area contributed by atoms with Crippen molar-refractivity contribution in [3.8, 4) is 11.1 Å². The molecule has 0 aliphatic rings. The van der Waals surface area contributed by atoms with E-state index in [1.807, 2.05) is 36.4 Å². The second-order valence-electron chi connectivity index (χ2n) is 3.50. The lowest BCUT2D eigenvalue weighted by Gasteiger charge is -2.06. The van der Waals surface area contributed by atoms with Crippen molar-refractivity contribution in [3.05, 3.63) is 58.6 Å². The van der Waals surface area contributed by atoms with E-state index in [1.165, 1.54) is 0 Å². The third-order valence-electron chi connectivity index (χ3n) is 2.39. The molecule has 0 unspecified atom stereocenters. The number of aliphatic hydroxyl groups excluding tert-OH is 1. The van der Waals surface area contributed by atoms with Crippen LogP contribution in [0.25, 0.3) is 11.1 Å². The minimum Gasteiger partial charge on any atom is -0.364 e. The van der Waals surface area contributed by atoms with Crippen LogP contribution in [-0.4, -0.2) is 10.2 Å². The van der Waals surface area contributed by atoms with Crippen LogP contribution in [0.3, 0.4) is 0 Å². The summed E-state index contributed by atoms with van der Waals surface area (Å²) in [5.41, 5.74) is 2.65. The van der Waals surface area contributed by atoms with Gasteiger partial charge in [0.25, 0.3) is 0 Å². The van der Waals surface area contributed by atoms with Crippen molar-refractivity contribution in [2.24, 2.45) is 0 Å². The second kappa shape index (κ2) is 4.78. The molecule has 0 aliphatic carbocycles. The summed E-state index contributed by atoms with van der Waals surface area (Å²) in [6.07, 6.45) is -1.40. The first-order chi connectivity index (χ1) is 7.66. The topological polar surface area (TPSA) is 40.5 Å². The van der Waals surface area contributed by atoms with E-state index in [2.05, 4.69) is 15.9 Å². The molecule has 2 aromatic rings. The van der Waals surface area contributed by atoms with Crippen LogP contribution in [0, 0.1) is 0 Å². The SMILES string of the molecule is OC(O)c1ccc(-c2ccc(Br)cc2)cc1. The molecule has 3 heteroatoms. The highest BCUT2D eigenvalue weighted by Crippen LogP contribution is 2.23. The molecule has 0 bridgehead atoms. The summed E-state index contributed by atoms with van der Waals surface area (Å²) in [5.74, 6) is 0. The molecule has 2 aromatic carbocycles. The van der Waals surface area contributed by atoms with Gasteiger partial charge in [-0.2, -0.15) is 0 Å². The lowest BCUT2D eigenvalue weighted by atomic mass is 10.0. The van der Waals surface area contributed by atoms with Gasteiger partial charge in [-0.15, -0.1) is 0 Å². The zero-order chi connectivity index (χ0) is 11.5. The summed E-state index contributed by atoms with van der Waals surface area (Å²) < 4.78 is 1.04. The molecule has 82 valence electrons. The van der Waals surface area contributed by atoms with Crippen LogP contribution >= 0.6 is 15.9 Å². The zero-order valence-electron chi connectivity index (χ0n) is 8.47. The van der Waals surface area contributed by atoms with Crippen LogP contribution in [-0.2, 0) is 0 Å². The smallest absolute Gasteiger partial charge is 0.178 e. The Morgan fingerprint density at radius 2 is 1.19 bits per heavy atom. The number of hydrogen-bond acceptors (Lipinski definition) is 2. The predicted molar refractivity (Wildman–Crippen MR) is 66.8 cm³/mol. The van der Waals surface area contributed by atoms with Gasteiger partial charge in [0.1, 0.15) is 0 Å². The first kappa shape index (κ1) is 11.3. The fourth-order valence-electron chi connectivity index (χ4n) is 1.49. The standard InChI is InChI=1S/C13H11BrO2/c14-12-7-5-10(6-8-12)9-1-3-11(4-2-9)13(15)16/h1-8,13,15-16H. The van der Waals surface area contributed by atoms with Crippen molar-refractivity contribution >= 4 is 15.9 Å². The lowest BCUT2D eigenvalue weighted by Crippen LogP contribution is -1.93. The summed E-state index contributed by atoms with van der Waals surface area (Å²) in [6.45, 7) is 0. The predicted octanol–water partition coefficient (Wildman–Crippen LogP) is 3.10. The van der Waals surface area contributed by atoms with E-state index in [0.29, 0.717) is 5.56 Å². The highest BCUT2D eigenvalue weighted by atomic mass is 79.9. The highest BCUT2D eigenvalue weighted by molar-refractivity contribution is 9.10. The molecule has 0 saturated carbocycles. The van der Waals surface area contributed by atoms with Crippen LogP contribution < -0.4 is 0 Å². The molecule has 16 heavy (non-hydrogen) atoms. The Bertz CT molecular complexity index is 460. The minimum atomic E-state index is -1.40. The van der Waals surface area contributed by atoms with Gasteiger partial charge in [0.15, 0.2) is 6.29 Å². The Morgan fingerprint density at radius 3 is 1.62 bits per heavy atom. The first-order valence-electron chi connectivity index (χ1n) is 4.89. The Labute approximate surface area is 102 Å². The summed E-state index contributed by atoms with van der Waals surface area (Å²) in [4.78, 5) is 0. The van der Waals surface area contributed by atoms with Crippen molar-refractivity contribution in [1.82, 2.24) is 0 Å². The van der Waals surface area contributed by atoms with Gasteiger partial charge in [-0.1, -0.05) is 52.3 Å². The van der Waals surface area contributed by atoms with E-state index in [4.69, 9.17) is 10.2 Å². The highest BCUT2D eigenvalue weighted by Gasteiger charge is 2.02. The van der Waals surface area contributed by atoms with Gasteiger partial charge < -0.3 is 10.2 Å². The number of halogens is 1. The number of hydrogen-bond donors (Lipinski definition) is 2. The molecule has 0 atom stereocenters. The van der Waals surface area contributed by atoms with Crippen molar-refractivity contribution in [2.45, 2.75) is 6.29 Å². The molecule has 0 fully saturated rings.